The molecule has 0 saturated heterocycles. The van der Waals surface area contributed by atoms with E-state index in [-0.39, 0.29) is 5.91 Å². The molecule has 0 atom stereocenters. The zero-order chi connectivity index (χ0) is 22.2. The molecule has 32 heavy (non-hydrogen) atoms. The van der Waals surface area contributed by atoms with Crippen LogP contribution in [0.4, 0.5) is 0 Å². The molecule has 0 radical (unpaired) electrons. The third-order valence-corrected chi connectivity index (χ3v) is 4.95. The van der Waals surface area contributed by atoms with E-state index < -0.39 is 0 Å². The fraction of sp³-hybridized carbons (Fsp3) is 0.154. The van der Waals surface area contributed by atoms with E-state index in [9.17, 15) is 4.79 Å². The molecule has 0 bridgehead atoms. The van der Waals surface area contributed by atoms with Crippen LogP contribution in [0.2, 0.25) is 0 Å². The van der Waals surface area contributed by atoms with Gasteiger partial charge in [-0.25, -0.2) is 4.98 Å². The van der Waals surface area contributed by atoms with Crippen molar-refractivity contribution >= 4 is 23.0 Å². The van der Waals surface area contributed by atoms with Gasteiger partial charge in [-0.2, -0.15) is 0 Å². The number of carbonyl (C=O) groups is 1. The summed E-state index contributed by atoms with van der Waals surface area (Å²) in [5.41, 5.74) is 3.86. The second-order valence-corrected chi connectivity index (χ2v) is 7.26. The zero-order valence-electron chi connectivity index (χ0n) is 17.9. The number of methoxy groups -OCH3 is 1. The summed E-state index contributed by atoms with van der Waals surface area (Å²) in [7, 11) is 1.60. The number of hydrogen-bond donors (Lipinski definition) is 2. The first-order valence-corrected chi connectivity index (χ1v) is 10.5. The molecule has 0 spiro atoms. The van der Waals surface area contributed by atoms with Crippen molar-refractivity contribution in [1.82, 2.24) is 15.3 Å². The van der Waals surface area contributed by atoms with Crippen molar-refractivity contribution in [2.75, 3.05) is 13.7 Å². The monoisotopic (exact) mass is 427 g/mol. The van der Waals surface area contributed by atoms with Crippen LogP contribution < -0.4 is 14.8 Å². The molecule has 6 nitrogen and oxygen atoms in total. The predicted octanol–water partition coefficient (Wildman–Crippen LogP) is 4.52. The average Bonchev–Trinajstić information content (AvgIpc) is 3.25. The topological polar surface area (TPSA) is 76.2 Å². The van der Waals surface area contributed by atoms with Crippen LogP contribution >= 0.6 is 0 Å². The van der Waals surface area contributed by atoms with Gasteiger partial charge in [0, 0.05) is 19.0 Å². The number of benzene rings is 3. The van der Waals surface area contributed by atoms with Crippen LogP contribution in [0.5, 0.6) is 11.5 Å². The van der Waals surface area contributed by atoms with Crippen molar-refractivity contribution < 1.29 is 14.3 Å². The summed E-state index contributed by atoms with van der Waals surface area (Å²) in [6, 6.07) is 23.4. The van der Waals surface area contributed by atoms with Crippen molar-refractivity contribution in [2.24, 2.45) is 0 Å². The Morgan fingerprint density at radius 1 is 1.03 bits per heavy atom. The number of rotatable bonds is 9. The lowest BCUT2D eigenvalue weighted by molar-refractivity contribution is -0.116. The molecule has 1 aromatic heterocycles. The van der Waals surface area contributed by atoms with Gasteiger partial charge in [-0.1, -0.05) is 48.5 Å². The lowest BCUT2D eigenvalue weighted by Gasteiger charge is -2.11. The molecule has 4 aromatic rings. The van der Waals surface area contributed by atoms with Gasteiger partial charge in [-0.3, -0.25) is 4.79 Å². The predicted molar refractivity (Wildman–Crippen MR) is 126 cm³/mol. The van der Waals surface area contributed by atoms with Gasteiger partial charge in [0.25, 0.3) is 0 Å². The largest absolute Gasteiger partial charge is 0.493 e. The molecular weight excluding hydrogens is 402 g/mol. The molecule has 4 rings (SSSR count). The molecule has 162 valence electrons. The molecule has 0 aliphatic heterocycles. The summed E-state index contributed by atoms with van der Waals surface area (Å²) in [6.07, 6.45) is 3.90. The highest BCUT2D eigenvalue weighted by atomic mass is 16.5. The van der Waals surface area contributed by atoms with E-state index in [4.69, 9.17) is 9.47 Å². The molecule has 0 saturated carbocycles. The Bertz CT molecular complexity index is 1180. The number of amides is 1. The van der Waals surface area contributed by atoms with Crippen LogP contribution in [0, 0.1) is 0 Å². The van der Waals surface area contributed by atoms with Crippen molar-refractivity contribution in [3.8, 4) is 11.5 Å². The Morgan fingerprint density at radius 3 is 2.66 bits per heavy atom. The van der Waals surface area contributed by atoms with E-state index in [2.05, 4.69) is 15.3 Å². The average molecular weight is 428 g/mol. The second kappa shape index (κ2) is 10.3. The summed E-state index contributed by atoms with van der Waals surface area (Å²) in [5.74, 6) is 1.97. The molecule has 1 heterocycles. The molecule has 2 N–H and O–H groups in total. The van der Waals surface area contributed by atoms with Crippen molar-refractivity contribution in [3.63, 3.8) is 0 Å². The summed E-state index contributed by atoms with van der Waals surface area (Å²) in [5, 5.41) is 2.88. The number of aromatic nitrogens is 2. The maximum absolute atomic E-state index is 12.2. The molecule has 0 aliphatic rings. The molecule has 0 unspecified atom stereocenters. The van der Waals surface area contributed by atoms with Crippen LogP contribution in [-0.2, 0) is 17.8 Å². The van der Waals surface area contributed by atoms with Gasteiger partial charge in [0.1, 0.15) is 12.4 Å². The van der Waals surface area contributed by atoms with Crippen molar-refractivity contribution in [1.29, 1.82) is 0 Å². The SMILES string of the molecule is COc1cc(/C=C/C(=O)NCCc2nc3ccccc3[nH]2)ccc1OCc1ccccc1. The van der Waals surface area contributed by atoms with Crippen LogP contribution in [0.25, 0.3) is 17.1 Å². The fourth-order valence-electron chi connectivity index (χ4n) is 3.30. The number of para-hydroxylation sites is 2. The van der Waals surface area contributed by atoms with E-state index in [0.29, 0.717) is 31.1 Å². The minimum atomic E-state index is -0.163. The van der Waals surface area contributed by atoms with Crippen LogP contribution in [0.1, 0.15) is 17.0 Å². The zero-order valence-corrected chi connectivity index (χ0v) is 17.9. The Balaban J connectivity index is 1.29. The Morgan fingerprint density at radius 2 is 1.84 bits per heavy atom. The molecule has 0 aliphatic carbocycles. The van der Waals surface area contributed by atoms with Gasteiger partial charge >= 0.3 is 0 Å². The minimum absolute atomic E-state index is 0.163. The minimum Gasteiger partial charge on any atom is -0.493 e. The Hall–Kier alpha value is -4.06. The third kappa shape index (κ3) is 5.55. The number of aromatic amines is 1. The number of nitrogens with one attached hydrogen (secondary N) is 2. The first-order chi connectivity index (χ1) is 15.7. The molecule has 1 amide bonds. The van der Waals surface area contributed by atoms with Gasteiger partial charge in [0.2, 0.25) is 5.91 Å². The van der Waals surface area contributed by atoms with Gasteiger partial charge in [-0.15, -0.1) is 0 Å². The fourth-order valence-corrected chi connectivity index (χ4v) is 3.30. The first kappa shape index (κ1) is 21.2. The number of ether oxygens (including phenoxy) is 2. The van der Waals surface area contributed by atoms with Crippen LogP contribution in [0.3, 0.4) is 0 Å². The Kier molecular flexibility index (Phi) is 6.82. The quantitative estimate of drug-likeness (QED) is 0.385. The second-order valence-electron chi connectivity index (χ2n) is 7.26. The lowest BCUT2D eigenvalue weighted by Crippen LogP contribution is -2.23. The van der Waals surface area contributed by atoms with Crippen molar-refractivity contribution in [3.05, 3.63) is 95.8 Å². The third-order valence-electron chi connectivity index (χ3n) is 4.95. The number of H-pyrrole nitrogens is 1. The van der Waals surface area contributed by atoms with Gasteiger partial charge in [-0.05, 0) is 41.5 Å². The number of imidazole rings is 1. The maximum Gasteiger partial charge on any atom is 0.244 e. The Labute approximate surface area is 186 Å². The lowest BCUT2D eigenvalue weighted by atomic mass is 10.2. The number of nitrogens with zero attached hydrogens (tertiary/aromatic N) is 1. The van der Waals surface area contributed by atoms with Gasteiger partial charge in [0.15, 0.2) is 11.5 Å². The standard InChI is InChI=1S/C26H25N3O3/c1-31-24-17-19(11-13-23(24)32-18-20-7-3-2-4-8-20)12-14-26(30)27-16-15-25-28-21-9-5-6-10-22(21)29-25/h2-14,17H,15-16,18H2,1H3,(H,27,30)(H,28,29)/b14-12+. The van der Waals surface area contributed by atoms with E-state index in [1.807, 2.05) is 72.8 Å². The molecule has 0 fully saturated rings. The van der Waals surface area contributed by atoms with Gasteiger partial charge < -0.3 is 19.8 Å². The number of fused-ring (bicyclic) bond motifs is 1. The smallest absolute Gasteiger partial charge is 0.244 e. The van der Waals surface area contributed by atoms with Crippen LogP contribution in [0.15, 0.2) is 78.9 Å². The summed E-state index contributed by atoms with van der Waals surface area (Å²) < 4.78 is 11.3. The normalized spacial score (nSPS) is 11.0. The highest BCUT2D eigenvalue weighted by Crippen LogP contribution is 2.29. The van der Waals surface area contributed by atoms with Crippen LogP contribution in [-0.4, -0.2) is 29.5 Å². The molecular formula is C26H25N3O3. The van der Waals surface area contributed by atoms with Gasteiger partial charge in [0.05, 0.1) is 18.1 Å². The summed E-state index contributed by atoms with van der Waals surface area (Å²) in [6.45, 7) is 0.957. The van der Waals surface area contributed by atoms with E-state index in [1.165, 1.54) is 6.08 Å². The maximum atomic E-state index is 12.2. The molecule has 6 heteroatoms. The highest BCUT2D eigenvalue weighted by Gasteiger charge is 2.06. The summed E-state index contributed by atoms with van der Waals surface area (Å²) in [4.78, 5) is 19.9. The molecule has 3 aromatic carbocycles. The van der Waals surface area contributed by atoms with E-state index in [0.717, 1.165) is 28.0 Å². The van der Waals surface area contributed by atoms with Crippen molar-refractivity contribution in [2.45, 2.75) is 13.0 Å². The van der Waals surface area contributed by atoms with E-state index >= 15 is 0 Å². The highest BCUT2D eigenvalue weighted by molar-refractivity contribution is 5.91. The number of hydrogen-bond acceptors (Lipinski definition) is 4. The summed E-state index contributed by atoms with van der Waals surface area (Å²) >= 11 is 0. The van der Waals surface area contributed by atoms with E-state index in [1.54, 1.807) is 13.2 Å². The first-order valence-electron chi connectivity index (χ1n) is 10.5. The number of carbonyl (C=O) groups excluding carboxylic acids is 1.